The quantitative estimate of drug-likeness (QED) is 0.604. The minimum Gasteiger partial charge on any atom is -0.495 e. The van der Waals surface area contributed by atoms with Gasteiger partial charge in [0, 0.05) is 30.1 Å². The van der Waals surface area contributed by atoms with Gasteiger partial charge in [0.25, 0.3) is 5.91 Å². The fraction of sp³-hybridized carbons (Fsp3) is 0.0952. The lowest BCUT2D eigenvalue weighted by Crippen LogP contribution is -2.13. The lowest BCUT2D eigenvalue weighted by atomic mass is 10.2. The van der Waals surface area contributed by atoms with Crippen LogP contribution in [0.25, 0.3) is 0 Å². The zero-order valence-electron chi connectivity index (χ0n) is 15.5. The maximum Gasteiger partial charge on any atom is 0.255 e. The van der Waals surface area contributed by atoms with E-state index in [0.717, 1.165) is 5.69 Å². The van der Waals surface area contributed by atoms with E-state index in [2.05, 4.69) is 20.9 Å². The van der Waals surface area contributed by atoms with E-state index < -0.39 is 0 Å². The Labute approximate surface area is 162 Å². The molecule has 1 aromatic heterocycles. The highest BCUT2D eigenvalue weighted by Gasteiger charge is 2.10. The number of carbonyl (C=O) groups is 2. The van der Waals surface area contributed by atoms with Crippen molar-refractivity contribution in [2.75, 3.05) is 23.1 Å². The van der Waals surface area contributed by atoms with Gasteiger partial charge in [0.1, 0.15) is 11.6 Å². The Morgan fingerprint density at radius 2 is 1.64 bits per heavy atom. The van der Waals surface area contributed by atoms with Crippen molar-refractivity contribution in [2.24, 2.45) is 0 Å². The number of hydrogen-bond donors (Lipinski definition) is 3. The van der Waals surface area contributed by atoms with Crippen LogP contribution in [-0.2, 0) is 4.79 Å². The summed E-state index contributed by atoms with van der Waals surface area (Å²) in [6.07, 6.45) is 1.56. The Bertz CT molecular complexity index is 987. The van der Waals surface area contributed by atoms with Gasteiger partial charge in [-0.3, -0.25) is 9.59 Å². The number of pyridine rings is 1. The van der Waals surface area contributed by atoms with Crippen LogP contribution in [-0.4, -0.2) is 23.9 Å². The molecule has 0 aliphatic rings. The Balaban J connectivity index is 1.71. The second-order valence-electron chi connectivity index (χ2n) is 5.97. The number of amides is 2. The van der Waals surface area contributed by atoms with E-state index in [1.165, 1.54) is 6.92 Å². The Hall–Kier alpha value is -3.87. The summed E-state index contributed by atoms with van der Waals surface area (Å²) in [4.78, 5) is 27.9. The number of aromatic nitrogens is 1. The van der Waals surface area contributed by atoms with Gasteiger partial charge < -0.3 is 20.7 Å². The van der Waals surface area contributed by atoms with Crippen LogP contribution in [0, 0.1) is 0 Å². The summed E-state index contributed by atoms with van der Waals surface area (Å²) in [5.74, 6) is 0.717. The van der Waals surface area contributed by atoms with Crippen LogP contribution in [0.1, 0.15) is 17.3 Å². The largest absolute Gasteiger partial charge is 0.495 e. The van der Waals surface area contributed by atoms with Gasteiger partial charge in [0.2, 0.25) is 5.91 Å². The van der Waals surface area contributed by atoms with Crippen LogP contribution in [0.2, 0.25) is 0 Å². The van der Waals surface area contributed by atoms with Crippen molar-refractivity contribution in [2.45, 2.75) is 6.92 Å². The maximum atomic E-state index is 12.6. The molecule has 0 radical (unpaired) electrons. The first-order valence-electron chi connectivity index (χ1n) is 8.60. The molecule has 7 nitrogen and oxygen atoms in total. The monoisotopic (exact) mass is 376 g/mol. The van der Waals surface area contributed by atoms with E-state index in [1.54, 1.807) is 49.7 Å². The van der Waals surface area contributed by atoms with Crippen LogP contribution >= 0.6 is 0 Å². The van der Waals surface area contributed by atoms with E-state index in [0.29, 0.717) is 28.5 Å². The molecule has 0 atom stereocenters. The number of benzene rings is 2. The minimum absolute atomic E-state index is 0.129. The molecule has 0 aliphatic carbocycles. The molecule has 0 fully saturated rings. The predicted molar refractivity (Wildman–Crippen MR) is 109 cm³/mol. The van der Waals surface area contributed by atoms with Crippen molar-refractivity contribution in [3.8, 4) is 5.75 Å². The molecule has 1 heterocycles. The van der Waals surface area contributed by atoms with Crippen LogP contribution < -0.4 is 20.7 Å². The van der Waals surface area contributed by atoms with Gasteiger partial charge in [-0.2, -0.15) is 0 Å². The topological polar surface area (TPSA) is 92.3 Å². The lowest BCUT2D eigenvalue weighted by molar-refractivity contribution is -0.114. The van der Waals surface area contributed by atoms with Crippen LogP contribution in [0.5, 0.6) is 5.75 Å². The molecule has 0 saturated heterocycles. The molecule has 3 aromatic rings. The molecule has 28 heavy (non-hydrogen) atoms. The standard InChI is InChI=1S/C21H20N4O3/c1-14(26)23-16-7-9-17(10-8-16)24-20-13-15(11-12-22-20)21(27)25-18-5-3-4-6-19(18)28-2/h3-13H,1-2H3,(H,22,24)(H,23,26)(H,25,27). The number of anilines is 4. The molecule has 0 saturated carbocycles. The van der Waals surface area contributed by atoms with Crippen molar-refractivity contribution in [3.63, 3.8) is 0 Å². The van der Waals surface area contributed by atoms with Gasteiger partial charge in [0.05, 0.1) is 12.8 Å². The fourth-order valence-electron chi connectivity index (χ4n) is 2.57. The summed E-state index contributed by atoms with van der Waals surface area (Å²) in [6.45, 7) is 1.46. The number of ether oxygens (including phenoxy) is 1. The van der Waals surface area contributed by atoms with E-state index in [-0.39, 0.29) is 11.8 Å². The van der Waals surface area contributed by atoms with Gasteiger partial charge in [-0.1, -0.05) is 12.1 Å². The van der Waals surface area contributed by atoms with Gasteiger partial charge in [-0.25, -0.2) is 4.98 Å². The molecule has 142 valence electrons. The zero-order valence-corrected chi connectivity index (χ0v) is 15.5. The molecule has 0 unspecified atom stereocenters. The highest BCUT2D eigenvalue weighted by Crippen LogP contribution is 2.24. The van der Waals surface area contributed by atoms with Crippen molar-refractivity contribution in [1.82, 2.24) is 4.98 Å². The molecule has 7 heteroatoms. The number of hydrogen-bond acceptors (Lipinski definition) is 5. The van der Waals surface area contributed by atoms with Crippen molar-refractivity contribution in [1.29, 1.82) is 0 Å². The number of carbonyl (C=O) groups excluding carboxylic acids is 2. The highest BCUT2D eigenvalue weighted by atomic mass is 16.5. The number of nitrogens with zero attached hydrogens (tertiary/aromatic N) is 1. The maximum absolute atomic E-state index is 12.6. The Kier molecular flexibility index (Phi) is 5.86. The summed E-state index contributed by atoms with van der Waals surface area (Å²) in [5, 5.41) is 8.68. The average molecular weight is 376 g/mol. The van der Waals surface area contributed by atoms with Crippen LogP contribution in [0.4, 0.5) is 22.9 Å². The van der Waals surface area contributed by atoms with Crippen molar-refractivity contribution < 1.29 is 14.3 Å². The van der Waals surface area contributed by atoms with E-state index in [9.17, 15) is 9.59 Å². The Morgan fingerprint density at radius 3 is 2.36 bits per heavy atom. The molecule has 3 N–H and O–H groups in total. The first-order valence-corrected chi connectivity index (χ1v) is 8.60. The zero-order chi connectivity index (χ0) is 19.9. The molecule has 3 rings (SSSR count). The molecular formula is C21H20N4O3. The normalized spacial score (nSPS) is 10.1. The van der Waals surface area contributed by atoms with E-state index in [1.807, 2.05) is 24.3 Å². The van der Waals surface area contributed by atoms with Gasteiger partial charge in [0.15, 0.2) is 0 Å². The number of methoxy groups -OCH3 is 1. The third kappa shape index (κ3) is 4.85. The fourth-order valence-corrected chi connectivity index (χ4v) is 2.57. The molecular weight excluding hydrogens is 356 g/mol. The van der Waals surface area contributed by atoms with Gasteiger partial charge >= 0.3 is 0 Å². The van der Waals surface area contributed by atoms with Crippen LogP contribution in [0.3, 0.4) is 0 Å². The number of rotatable bonds is 6. The lowest BCUT2D eigenvalue weighted by Gasteiger charge is -2.11. The summed E-state index contributed by atoms with van der Waals surface area (Å²) in [5.41, 5.74) is 2.54. The molecule has 0 bridgehead atoms. The summed E-state index contributed by atoms with van der Waals surface area (Å²) >= 11 is 0. The summed E-state index contributed by atoms with van der Waals surface area (Å²) < 4.78 is 5.25. The average Bonchev–Trinajstić information content (AvgIpc) is 2.70. The van der Waals surface area contributed by atoms with Crippen LogP contribution in [0.15, 0.2) is 66.9 Å². The third-order valence-electron chi connectivity index (χ3n) is 3.85. The molecule has 2 aromatic carbocycles. The third-order valence-corrected chi connectivity index (χ3v) is 3.85. The molecule has 2 amide bonds. The first kappa shape index (κ1) is 18.9. The van der Waals surface area contributed by atoms with Crippen molar-refractivity contribution >= 4 is 34.7 Å². The second-order valence-corrected chi connectivity index (χ2v) is 5.97. The summed E-state index contributed by atoms with van der Waals surface area (Å²) in [7, 11) is 1.55. The number of para-hydroxylation sites is 2. The van der Waals surface area contributed by atoms with E-state index >= 15 is 0 Å². The highest BCUT2D eigenvalue weighted by molar-refractivity contribution is 6.05. The predicted octanol–water partition coefficient (Wildman–Crippen LogP) is 4.04. The first-order chi connectivity index (χ1) is 13.5. The molecule has 0 spiro atoms. The summed E-state index contributed by atoms with van der Waals surface area (Å²) in [6, 6.07) is 17.7. The minimum atomic E-state index is -0.268. The smallest absolute Gasteiger partial charge is 0.255 e. The van der Waals surface area contributed by atoms with E-state index in [4.69, 9.17) is 4.74 Å². The SMILES string of the molecule is COc1ccccc1NC(=O)c1ccnc(Nc2ccc(NC(C)=O)cc2)c1. The second kappa shape index (κ2) is 8.68. The van der Waals surface area contributed by atoms with Gasteiger partial charge in [-0.15, -0.1) is 0 Å². The Morgan fingerprint density at radius 1 is 0.929 bits per heavy atom. The number of nitrogens with one attached hydrogen (secondary N) is 3. The van der Waals surface area contributed by atoms with Gasteiger partial charge in [-0.05, 0) is 48.5 Å². The van der Waals surface area contributed by atoms with Crippen molar-refractivity contribution in [3.05, 3.63) is 72.4 Å². The molecule has 0 aliphatic heterocycles.